The van der Waals surface area contributed by atoms with Crippen molar-refractivity contribution in [2.24, 2.45) is 5.73 Å². The van der Waals surface area contributed by atoms with Gasteiger partial charge in [-0.1, -0.05) is 36.2 Å². The lowest BCUT2D eigenvalue weighted by Gasteiger charge is -2.17. The standard InChI is InChI=1S/C17H19N5O/c18-17(9-4-5-10-17)16-19-15(23-21-16)12-13-8-11-22(20-13)14-6-2-1-3-7-14/h1-3,6-8,11H,4-5,9-10,12,18H2. The van der Waals surface area contributed by atoms with E-state index in [-0.39, 0.29) is 0 Å². The Kier molecular flexibility index (Phi) is 3.46. The highest BCUT2D eigenvalue weighted by Gasteiger charge is 2.35. The summed E-state index contributed by atoms with van der Waals surface area (Å²) in [6.07, 6.45) is 6.55. The number of nitrogens with zero attached hydrogens (tertiary/aromatic N) is 4. The fourth-order valence-electron chi connectivity index (χ4n) is 3.09. The highest BCUT2D eigenvalue weighted by Crippen LogP contribution is 2.34. The Balaban J connectivity index is 1.51. The molecule has 0 radical (unpaired) electrons. The van der Waals surface area contributed by atoms with Crippen molar-refractivity contribution in [3.8, 4) is 5.69 Å². The number of rotatable bonds is 4. The maximum absolute atomic E-state index is 6.36. The Morgan fingerprint density at radius 1 is 1.13 bits per heavy atom. The van der Waals surface area contributed by atoms with Crippen LogP contribution in [0.2, 0.25) is 0 Å². The van der Waals surface area contributed by atoms with Gasteiger partial charge in [0.1, 0.15) is 0 Å². The fourth-order valence-corrected chi connectivity index (χ4v) is 3.09. The van der Waals surface area contributed by atoms with Crippen LogP contribution >= 0.6 is 0 Å². The van der Waals surface area contributed by atoms with Gasteiger partial charge in [-0.3, -0.25) is 0 Å². The molecule has 118 valence electrons. The Bertz CT molecular complexity index is 786. The van der Waals surface area contributed by atoms with Crippen molar-refractivity contribution in [2.75, 3.05) is 0 Å². The summed E-state index contributed by atoms with van der Waals surface area (Å²) in [5.41, 5.74) is 7.87. The smallest absolute Gasteiger partial charge is 0.232 e. The number of hydrogen-bond donors (Lipinski definition) is 1. The van der Waals surface area contributed by atoms with Crippen LogP contribution in [0.3, 0.4) is 0 Å². The monoisotopic (exact) mass is 309 g/mol. The predicted octanol–water partition coefficient (Wildman–Crippen LogP) is 2.57. The van der Waals surface area contributed by atoms with Gasteiger partial charge in [0.2, 0.25) is 5.89 Å². The Hall–Kier alpha value is -2.47. The summed E-state index contributed by atoms with van der Waals surface area (Å²) in [4.78, 5) is 4.49. The second-order valence-electron chi connectivity index (χ2n) is 6.14. The molecule has 1 aromatic carbocycles. The zero-order valence-electron chi connectivity index (χ0n) is 12.9. The van der Waals surface area contributed by atoms with Crippen LogP contribution in [0, 0.1) is 0 Å². The minimum Gasteiger partial charge on any atom is -0.339 e. The van der Waals surface area contributed by atoms with Crippen LogP contribution in [0.4, 0.5) is 0 Å². The van der Waals surface area contributed by atoms with Gasteiger partial charge in [-0.25, -0.2) is 4.68 Å². The normalized spacial score (nSPS) is 16.7. The molecule has 0 bridgehead atoms. The van der Waals surface area contributed by atoms with E-state index in [4.69, 9.17) is 10.3 Å². The van der Waals surface area contributed by atoms with Gasteiger partial charge >= 0.3 is 0 Å². The number of hydrogen-bond acceptors (Lipinski definition) is 5. The first-order valence-corrected chi connectivity index (χ1v) is 7.95. The first-order valence-electron chi connectivity index (χ1n) is 7.95. The molecule has 0 amide bonds. The van der Waals surface area contributed by atoms with Crippen molar-refractivity contribution in [3.63, 3.8) is 0 Å². The molecule has 0 spiro atoms. The van der Waals surface area contributed by atoms with Gasteiger partial charge in [0.15, 0.2) is 5.82 Å². The van der Waals surface area contributed by atoms with Crippen molar-refractivity contribution in [3.05, 3.63) is 60.0 Å². The molecule has 1 saturated carbocycles. The second-order valence-corrected chi connectivity index (χ2v) is 6.14. The van der Waals surface area contributed by atoms with Crippen molar-refractivity contribution in [1.29, 1.82) is 0 Å². The maximum atomic E-state index is 6.36. The van der Waals surface area contributed by atoms with Crippen LogP contribution in [0.5, 0.6) is 0 Å². The van der Waals surface area contributed by atoms with Crippen LogP contribution in [0.15, 0.2) is 47.1 Å². The molecule has 2 N–H and O–H groups in total. The molecule has 0 unspecified atom stereocenters. The molecule has 23 heavy (non-hydrogen) atoms. The highest BCUT2D eigenvalue weighted by molar-refractivity contribution is 5.30. The summed E-state index contributed by atoms with van der Waals surface area (Å²) in [7, 11) is 0. The van der Waals surface area contributed by atoms with Crippen molar-refractivity contribution < 1.29 is 4.52 Å². The van der Waals surface area contributed by atoms with E-state index in [1.807, 2.05) is 47.3 Å². The van der Waals surface area contributed by atoms with E-state index in [1.54, 1.807) is 0 Å². The van der Waals surface area contributed by atoms with Gasteiger partial charge in [0.05, 0.1) is 23.3 Å². The summed E-state index contributed by atoms with van der Waals surface area (Å²) < 4.78 is 7.21. The first kappa shape index (κ1) is 14.1. The third-order valence-corrected chi connectivity index (χ3v) is 4.41. The van der Waals surface area contributed by atoms with Gasteiger partial charge in [0, 0.05) is 6.20 Å². The molecule has 0 saturated heterocycles. The second kappa shape index (κ2) is 5.62. The molecule has 2 heterocycles. The van der Waals surface area contributed by atoms with Crippen molar-refractivity contribution in [1.82, 2.24) is 19.9 Å². The van der Waals surface area contributed by atoms with E-state index in [9.17, 15) is 0 Å². The SMILES string of the molecule is NC1(c2noc(Cc3ccn(-c4ccccc4)n3)n2)CCCC1. The average molecular weight is 309 g/mol. The number of para-hydroxylation sites is 1. The van der Waals surface area contributed by atoms with Crippen LogP contribution in [-0.2, 0) is 12.0 Å². The third-order valence-electron chi connectivity index (χ3n) is 4.41. The molecule has 1 aliphatic carbocycles. The quantitative estimate of drug-likeness (QED) is 0.801. The third kappa shape index (κ3) is 2.77. The first-order chi connectivity index (χ1) is 11.2. The molecule has 1 fully saturated rings. The van der Waals surface area contributed by atoms with Gasteiger partial charge in [-0.2, -0.15) is 10.1 Å². The van der Waals surface area contributed by atoms with E-state index in [1.165, 1.54) is 0 Å². The molecule has 4 rings (SSSR count). The topological polar surface area (TPSA) is 82.8 Å². The number of nitrogens with two attached hydrogens (primary N) is 1. The van der Waals surface area contributed by atoms with E-state index in [0.29, 0.717) is 18.1 Å². The summed E-state index contributed by atoms with van der Waals surface area (Å²) in [6, 6.07) is 12.0. The summed E-state index contributed by atoms with van der Waals surface area (Å²) in [6.45, 7) is 0. The fraction of sp³-hybridized carbons (Fsp3) is 0.353. The Morgan fingerprint density at radius 3 is 2.70 bits per heavy atom. The van der Waals surface area contributed by atoms with Gasteiger partial charge < -0.3 is 10.3 Å². The van der Waals surface area contributed by atoms with E-state index in [2.05, 4.69) is 15.2 Å². The Labute approximate surface area is 134 Å². The minimum atomic E-state index is -0.412. The van der Waals surface area contributed by atoms with Crippen LogP contribution < -0.4 is 5.73 Å². The molecule has 1 aliphatic rings. The summed E-state index contributed by atoms with van der Waals surface area (Å²) in [5, 5.41) is 8.64. The maximum Gasteiger partial charge on any atom is 0.232 e. The largest absolute Gasteiger partial charge is 0.339 e. The minimum absolute atomic E-state index is 0.412. The van der Waals surface area contributed by atoms with Gasteiger partial charge in [0.25, 0.3) is 0 Å². The molecular formula is C17H19N5O. The molecule has 0 aliphatic heterocycles. The molecule has 0 atom stereocenters. The zero-order valence-corrected chi connectivity index (χ0v) is 12.9. The molecule has 2 aromatic heterocycles. The molecule has 3 aromatic rings. The van der Waals surface area contributed by atoms with Gasteiger partial charge in [-0.05, 0) is 31.0 Å². The van der Waals surface area contributed by atoms with Crippen LogP contribution in [0.1, 0.15) is 43.1 Å². The lowest BCUT2D eigenvalue weighted by atomic mass is 9.99. The Morgan fingerprint density at radius 2 is 1.91 bits per heavy atom. The lowest BCUT2D eigenvalue weighted by molar-refractivity contribution is 0.351. The molecule has 6 nitrogen and oxygen atoms in total. The predicted molar refractivity (Wildman–Crippen MR) is 85.0 cm³/mol. The van der Waals surface area contributed by atoms with E-state index in [0.717, 1.165) is 37.1 Å². The van der Waals surface area contributed by atoms with Crippen LogP contribution in [-0.4, -0.2) is 19.9 Å². The zero-order chi connectivity index (χ0) is 15.7. The number of benzene rings is 1. The molecular weight excluding hydrogens is 290 g/mol. The lowest BCUT2D eigenvalue weighted by Crippen LogP contribution is -2.34. The van der Waals surface area contributed by atoms with E-state index >= 15 is 0 Å². The van der Waals surface area contributed by atoms with Crippen LogP contribution in [0.25, 0.3) is 5.69 Å². The summed E-state index contributed by atoms with van der Waals surface area (Å²) in [5.74, 6) is 1.20. The van der Waals surface area contributed by atoms with E-state index < -0.39 is 5.54 Å². The molecule has 6 heteroatoms. The highest BCUT2D eigenvalue weighted by atomic mass is 16.5. The van der Waals surface area contributed by atoms with Gasteiger partial charge in [-0.15, -0.1) is 0 Å². The summed E-state index contributed by atoms with van der Waals surface area (Å²) >= 11 is 0. The van der Waals surface area contributed by atoms with Crippen molar-refractivity contribution in [2.45, 2.75) is 37.6 Å². The average Bonchev–Trinajstić information content (AvgIpc) is 3.30. The van der Waals surface area contributed by atoms with Crippen molar-refractivity contribution >= 4 is 0 Å². The number of aromatic nitrogens is 4.